The molecular weight excluding hydrogens is 216 g/mol. The fraction of sp³-hybridized carbons (Fsp3) is 0.615. The molecule has 94 valence electrons. The van der Waals surface area contributed by atoms with Crippen LogP contribution in [-0.4, -0.2) is 32.3 Å². The summed E-state index contributed by atoms with van der Waals surface area (Å²) in [4.78, 5) is 4.24. The van der Waals surface area contributed by atoms with E-state index in [4.69, 9.17) is 9.47 Å². The van der Waals surface area contributed by atoms with Crippen molar-refractivity contribution in [3.8, 4) is 5.88 Å². The molecule has 1 N–H and O–H groups in total. The Balaban J connectivity index is 2.11. The van der Waals surface area contributed by atoms with Gasteiger partial charge in [-0.1, -0.05) is 0 Å². The van der Waals surface area contributed by atoms with Crippen LogP contribution in [0.3, 0.4) is 0 Å². The van der Waals surface area contributed by atoms with E-state index in [9.17, 15) is 0 Å². The Bertz CT molecular complexity index is 338. The van der Waals surface area contributed by atoms with Gasteiger partial charge in [0.05, 0.1) is 13.2 Å². The molecule has 0 aliphatic carbocycles. The van der Waals surface area contributed by atoms with Gasteiger partial charge in [-0.25, -0.2) is 4.98 Å². The Hall–Kier alpha value is -1.13. The van der Waals surface area contributed by atoms with Crippen LogP contribution in [0.25, 0.3) is 0 Å². The first-order valence-corrected chi connectivity index (χ1v) is 6.11. The number of hydrogen-bond acceptors (Lipinski definition) is 4. The number of methoxy groups -OCH3 is 1. The minimum atomic E-state index is 0.162. The van der Waals surface area contributed by atoms with Crippen molar-refractivity contribution in [1.29, 1.82) is 0 Å². The Morgan fingerprint density at radius 3 is 3.06 bits per heavy atom. The molecule has 2 rings (SSSR count). The van der Waals surface area contributed by atoms with Crippen LogP contribution in [0.4, 0.5) is 0 Å². The number of aromatic nitrogens is 1. The van der Waals surface area contributed by atoms with E-state index in [1.165, 1.54) is 6.42 Å². The Morgan fingerprint density at radius 2 is 2.41 bits per heavy atom. The van der Waals surface area contributed by atoms with Gasteiger partial charge < -0.3 is 14.8 Å². The van der Waals surface area contributed by atoms with E-state index in [-0.39, 0.29) is 6.10 Å². The van der Waals surface area contributed by atoms with Gasteiger partial charge in [-0.15, -0.1) is 0 Å². The van der Waals surface area contributed by atoms with Crippen LogP contribution < -0.4 is 10.1 Å². The maximum absolute atomic E-state index is 5.88. The topological polar surface area (TPSA) is 43.4 Å². The summed E-state index contributed by atoms with van der Waals surface area (Å²) >= 11 is 0. The van der Waals surface area contributed by atoms with Crippen LogP contribution in [0, 0.1) is 5.92 Å². The van der Waals surface area contributed by atoms with E-state index in [0.29, 0.717) is 11.8 Å². The van der Waals surface area contributed by atoms with E-state index in [1.807, 2.05) is 25.4 Å². The molecule has 4 nitrogen and oxygen atoms in total. The zero-order chi connectivity index (χ0) is 12.1. The van der Waals surface area contributed by atoms with Crippen molar-refractivity contribution in [2.75, 3.05) is 27.3 Å². The van der Waals surface area contributed by atoms with Crippen molar-refractivity contribution in [3.63, 3.8) is 0 Å². The third-order valence-corrected chi connectivity index (χ3v) is 3.21. The smallest absolute Gasteiger partial charge is 0.212 e. The number of nitrogens with one attached hydrogen (secondary N) is 1. The molecule has 4 heteroatoms. The molecule has 1 aliphatic rings. The SMILES string of the molecule is CNCC1CCCOC1c1ccc(OC)nc1. The largest absolute Gasteiger partial charge is 0.481 e. The molecule has 1 aliphatic heterocycles. The number of hydrogen-bond donors (Lipinski definition) is 1. The lowest BCUT2D eigenvalue weighted by Crippen LogP contribution is -2.30. The summed E-state index contributed by atoms with van der Waals surface area (Å²) in [5.74, 6) is 1.18. The van der Waals surface area contributed by atoms with E-state index in [1.54, 1.807) is 7.11 Å². The molecular formula is C13H20N2O2. The average Bonchev–Trinajstić information content (AvgIpc) is 2.40. The second kappa shape index (κ2) is 5.98. The highest BCUT2D eigenvalue weighted by atomic mass is 16.5. The molecule has 17 heavy (non-hydrogen) atoms. The van der Waals surface area contributed by atoms with Crippen molar-refractivity contribution in [1.82, 2.24) is 10.3 Å². The third kappa shape index (κ3) is 2.96. The van der Waals surface area contributed by atoms with Gasteiger partial charge in [-0.3, -0.25) is 0 Å². The zero-order valence-electron chi connectivity index (χ0n) is 10.5. The molecule has 0 radical (unpaired) electrons. The van der Waals surface area contributed by atoms with Crippen molar-refractivity contribution in [3.05, 3.63) is 23.9 Å². The van der Waals surface area contributed by atoms with Gasteiger partial charge in [-0.05, 0) is 31.5 Å². The zero-order valence-corrected chi connectivity index (χ0v) is 10.5. The van der Waals surface area contributed by atoms with Crippen LogP contribution in [0.5, 0.6) is 5.88 Å². The van der Waals surface area contributed by atoms with Gasteiger partial charge in [0.25, 0.3) is 0 Å². The lowest BCUT2D eigenvalue weighted by Gasteiger charge is -2.31. The quantitative estimate of drug-likeness (QED) is 0.865. The lowest BCUT2D eigenvalue weighted by molar-refractivity contribution is -0.0274. The highest BCUT2D eigenvalue weighted by Crippen LogP contribution is 2.33. The van der Waals surface area contributed by atoms with E-state index in [0.717, 1.165) is 25.1 Å². The van der Waals surface area contributed by atoms with Gasteiger partial charge in [0.2, 0.25) is 5.88 Å². The summed E-state index contributed by atoms with van der Waals surface area (Å²) in [6.07, 6.45) is 4.37. The molecule has 0 aromatic carbocycles. The molecule has 1 fully saturated rings. The first kappa shape index (κ1) is 12.3. The maximum atomic E-state index is 5.88. The van der Waals surface area contributed by atoms with Gasteiger partial charge in [0.1, 0.15) is 0 Å². The monoisotopic (exact) mass is 236 g/mol. The molecule has 0 spiro atoms. The highest BCUT2D eigenvalue weighted by molar-refractivity contribution is 5.20. The van der Waals surface area contributed by atoms with Gasteiger partial charge in [0.15, 0.2) is 0 Å². The van der Waals surface area contributed by atoms with Crippen LogP contribution >= 0.6 is 0 Å². The number of rotatable bonds is 4. The number of pyridine rings is 1. The third-order valence-electron chi connectivity index (χ3n) is 3.21. The fourth-order valence-electron chi connectivity index (χ4n) is 2.36. The predicted octanol–water partition coefficient (Wildman–Crippen LogP) is 1.78. The van der Waals surface area contributed by atoms with E-state index in [2.05, 4.69) is 10.3 Å². The minimum absolute atomic E-state index is 0.162. The Labute approximate surface area is 102 Å². The molecule has 2 atom stereocenters. The van der Waals surface area contributed by atoms with Crippen molar-refractivity contribution in [2.45, 2.75) is 18.9 Å². The highest BCUT2D eigenvalue weighted by Gasteiger charge is 2.27. The van der Waals surface area contributed by atoms with Crippen LogP contribution in [0.2, 0.25) is 0 Å². The van der Waals surface area contributed by atoms with Gasteiger partial charge >= 0.3 is 0 Å². The Kier molecular flexibility index (Phi) is 4.34. The van der Waals surface area contributed by atoms with Crippen molar-refractivity contribution >= 4 is 0 Å². The summed E-state index contributed by atoms with van der Waals surface area (Å²) in [5, 5.41) is 3.23. The minimum Gasteiger partial charge on any atom is -0.481 e. The summed E-state index contributed by atoms with van der Waals surface area (Å²) in [7, 11) is 3.61. The second-order valence-corrected chi connectivity index (χ2v) is 4.39. The first-order valence-electron chi connectivity index (χ1n) is 6.11. The first-order chi connectivity index (χ1) is 8.35. The van der Waals surface area contributed by atoms with Crippen LogP contribution in [0.1, 0.15) is 24.5 Å². The standard InChI is InChI=1S/C13H20N2O2/c1-14-8-10-4-3-7-17-13(10)11-5-6-12(16-2)15-9-11/h5-6,9-10,13-14H,3-4,7-8H2,1-2H3. The maximum Gasteiger partial charge on any atom is 0.212 e. The fourth-order valence-corrected chi connectivity index (χ4v) is 2.36. The second-order valence-electron chi connectivity index (χ2n) is 4.39. The van der Waals surface area contributed by atoms with Crippen LogP contribution in [0.15, 0.2) is 18.3 Å². The summed E-state index contributed by atoms with van der Waals surface area (Å²) < 4.78 is 10.9. The van der Waals surface area contributed by atoms with E-state index >= 15 is 0 Å². The lowest BCUT2D eigenvalue weighted by atomic mass is 9.90. The van der Waals surface area contributed by atoms with Crippen molar-refractivity contribution < 1.29 is 9.47 Å². The summed E-state index contributed by atoms with van der Waals surface area (Å²) in [5.41, 5.74) is 1.14. The molecule has 0 amide bonds. The number of nitrogens with zero attached hydrogens (tertiary/aromatic N) is 1. The normalized spacial score (nSPS) is 24.6. The molecule has 0 bridgehead atoms. The van der Waals surface area contributed by atoms with Gasteiger partial charge in [0, 0.05) is 31.3 Å². The molecule has 0 saturated carbocycles. The summed E-state index contributed by atoms with van der Waals surface area (Å²) in [6.45, 7) is 1.83. The molecule has 1 aromatic rings. The van der Waals surface area contributed by atoms with Gasteiger partial charge in [-0.2, -0.15) is 0 Å². The molecule has 2 unspecified atom stereocenters. The van der Waals surface area contributed by atoms with Crippen molar-refractivity contribution in [2.24, 2.45) is 5.92 Å². The predicted molar refractivity (Wildman–Crippen MR) is 66.1 cm³/mol. The van der Waals surface area contributed by atoms with E-state index < -0.39 is 0 Å². The Morgan fingerprint density at radius 1 is 1.53 bits per heavy atom. The summed E-state index contributed by atoms with van der Waals surface area (Å²) in [6, 6.07) is 3.94. The molecule has 2 heterocycles. The molecule has 1 aromatic heterocycles. The average molecular weight is 236 g/mol. The van der Waals surface area contributed by atoms with Crippen LogP contribution in [-0.2, 0) is 4.74 Å². The molecule has 1 saturated heterocycles. The number of ether oxygens (including phenoxy) is 2.